The lowest BCUT2D eigenvalue weighted by atomic mass is 10.3. The van der Waals surface area contributed by atoms with Crippen LogP contribution in [0.25, 0.3) is 0 Å². The molecular weight excluding hydrogens is 190 g/mol. The summed E-state index contributed by atoms with van der Waals surface area (Å²) in [5.41, 5.74) is 0.528. The van der Waals surface area contributed by atoms with Crippen LogP contribution in [0, 0.1) is 0 Å². The Morgan fingerprint density at radius 3 is 2.93 bits per heavy atom. The molecule has 0 aliphatic heterocycles. The Hall–Kier alpha value is -1.58. The summed E-state index contributed by atoms with van der Waals surface area (Å²) in [5.74, 6) is -0.0388. The smallest absolute Gasteiger partial charge is 0.207 e. The van der Waals surface area contributed by atoms with E-state index in [1.165, 1.54) is 12.8 Å². The second-order valence-electron chi connectivity index (χ2n) is 4.08. The Balaban J connectivity index is 2.04. The highest BCUT2D eigenvalue weighted by molar-refractivity contribution is 6.02. The summed E-state index contributed by atoms with van der Waals surface area (Å²) in [5, 5.41) is 0. The third-order valence-corrected chi connectivity index (χ3v) is 2.35. The number of carbonyl (C=O) groups is 1. The minimum absolute atomic E-state index is 0.0388. The third-order valence-electron chi connectivity index (χ3n) is 2.35. The van der Waals surface area contributed by atoms with Crippen molar-refractivity contribution >= 4 is 5.78 Å². The molecule has 0 aromatic carbocycles. The number of aromatic nitrogens is 2. The van der Waals surface area contributed by atoms with Gasteiger partial charge in [0.2, 0.25) is 5.78 Å². The van der Waals surface area contributed by atoms with Gasteiger partial charge >= 0.3 is 0 Å². The van der Waals surface area contributed by atoms with Gasteiger partial charge in [0.05, 0.1) is 6.33 Å². The molecule has 0 atom stereocenters. The average molecular weight is 205 g/mol. The normalized spacial score (nSPS) is 15.9. The lowest BCUT2D eigenvalue weighted by Gasteiger charge is -2.01. The first-order valence-electron chi connectivity index (χ1n) is 5.09. The summed E-state index contributed by atoms with van der Waals surface area (Å²) in [6.07, 6.45) is 9.27. The standard InChI is InChI=1S/C11H15N3O/c1-13(2)6-5-11(15)10-7-14(8-12-10)9-3-4-9/h5-9H,3-4H2,1-2H3. The largest absolute Gasteiger partial charge is 0.383 e. The van der Waals surface area contributed by atoms with E-state index in [-0.39, 0.29) is 5.78 Å². The highest BCUT2D eigenvalue weighted by Crippen LogP contribution is 2.34. The van der Waals surface area contributed by atoms with Crippen molar-refractivity contribution in [3.8, 4) is 0 Å². The first kappa shape index (κ1) is 9.96. The molecule has 0 spiro atoms. The summed E-state index contributed by atoms with van der Waals surface area (Å²) in [7, 11) is 3.76. The predicted octanol–water partition coefficient (Wildman–Crippen LogP) is 1.48. The van der Waals surface area contributed by atoms with Crippen LogP contribution in [0.3, 0.4) is 0 Å². The first-order chi connectivity index (χ1) is 7.16. The van der Waals surface area contributed by atoms with Crippen molar-refractivity contribution in [2.24, 2.45) is 0 Å². The lowest BCUT2D eigenvalue weighted by molar-refractivity contribution is 0.104. The zero-order chi connectivity index (χ0) is 10.8. The van der Waals surface area contributed by atoms with Gasteiger partial charge in [-0.3, -0.25) is 4.79 Å². The van der Waals surface area contributed by atoms with E-state index < -0.39 is 0 Å². The van der Waals surface area contributed by atoms with E-state index in [1.54, 1.807) is 18.6 Å². The molecule has 1 saturated carbocycles. The molecule has 2 rings (SSSR count). The number of imidazole rings is 1. The molecule has 1 aromatic rings. The SMILES string of the molecule is CN(C)C=CC(=O)c1cn(C2CC2)cn1. The Kier molecular flexibility index (Phi) is 2.58. The topological polar surface area (TPSA) is 38.1 Å². The quantitative estimate of drug-likeness (QED) is 0.552. The molecule has 0 bridgehead atoms. The predicted molar refractivity (Wildman–Crippen MR) is 57.7 cm³/mol. The van der Waals surface area contributed by atoms with Gasteiger partial charge < -0.3 is 9.47 Å². The van der Waals surface area contributed by atoms with Crippen LogP contribution in [0.15, 0.2) is 24.8 Å². The number of rotatable bonds is 4. The molecule has 1 aliphatic rings. The van der Waals surface area contributed by atoms with E-state index in [2.05, 4.69) is 4.98 Å². The van der Waals surface area contributed by atoms with E-state index in [1.807, 2.05) is 29.8 Å². The van der Waals surface area contributed by atoms with E-state index in [0.29, 0.717) is 11.7 Å². The van der Waals surface area contributed by atoms with Crippen molar-refractivity contribution in [1.82, 2.24) is 14.5 Å². The molecule has 4 heteroatoms. The lowest BCUT2D eigenvalue weighted by Crippen LogP contribution is -2.03. The summed E-state index contributed by atoms with van der Waals surface area (Å²) in [6, 6.07) is 0.580. The van der Waals surface area contributed by atoms with Gasteiger partial charge in [0.1, 0.15) is 5.69 Å². The van der Waals surface area contributed by atoms with Crippen LogP contribution in [-0.2, 0) is 0 Å². The van der Waals surface area contributed by atoms with Crippen molar-refractivity contribution in [3.05, 3.63) is 30.5 Å². The molecule has 1 heterocycles. The molecule has 4 nitrogen and oxygen atoms in total. The van der Waals surface area contributed by atoms with Crippen molar-refractivity contribution in [2.45, 2.75) is 18.9 Å². The Labute approximate surface area is 89.2 Å². The van der Waals surface area contributed by atoms with E-state index in [0.717, 1.165) is 0 Å². The van der Waals surface area contributed by atoms with Crippen LogP contribution in [0.4, 0.5) is 0 Å². The van der Waals surface area contributed by atoms with E-state index >= 15 is 0 Å². The summed E-state index contributed by atoms with van der Waals surface area (Å²) >= 11 is 0. The van der Waals surface area contributed by atoms with Crippen LogP contribution >= 0.6 is 0 Å². The maximum absolute atomic E-state index is 11.6. The van der Waals surface area contributed by atoms with E-state index in [4.69, 9.17) is 0 Å². The Morgan fingerprint density at radius 1 is 1.60 bits per heavy atom. The zero-order valence-electron chi connectivity index (χ0n) is 9.05. The van der Waals surface area contributed by atoms with Gasteiger partial charge in [-0.1, -0.05) is 0 Å². The zero-order valence-corrected chi connectivity index (χ0v) is 9.05. The fraction of sp³-hybridized carbons (Fsp3) is 0.455. The highest BCUT2D eigenvalue weighted by Gasteiger charge is 2.23. The molecule has 15 heavy (non-hydrogen) atoms. The molecule has 0 saturated heterocycles. The summed E-state index contributed by atoms with van der Waals surface area (Å²) in [6.45, 7) is 0. The van der Waals surface area contributed by atoms with Crippen LogP contribution in [0.5, 0.6) is 0 Å². The average Bonchev–Trinajstić information content (AvgIpc) is 2.93. The molecule has 1 fully saturated rings. The van der Waals surface area contributed by atoms with Gasteiger partial charge in [-0.2, -0.15) is 0 Å². The van der Waals surface area contributed by atoms with Crippen LogP contribution in [0.2, 0.25) is 0 Å². The van der Waals surface area contributed by atoms with Gasteiger partial charge in [-0.15, -0.1) is 0 Å². The third kappa shape index (κ3) is 2.46. The Bertz CT molecular complexity index is 388. The van der Waals surface area contributed by atoms with Crippen molar-refractivity contribution in [2.75, 3.05) is 14.1 Å². The molecule has 0 radical (unpaired) electrons. The number of nitrogens with zero attached hydrogens (tertiary/aromatic N) is 3. The van der Waals surface area contributed by atoms with Crippen LogP contribution < -0.4 is 0 Å². The highest BCUT2D eigenvalue weighted by atomic mass is 16.1. The number of allylic oxidation sites excluding steroid dienone is 1. The second-order valence-corrected chi connectivity index (χ2v) is 4.08. The van der Waals surface area contributed by atoms with Gasteiger partial charge in [0, 0.05) is 38.6 Å². The molecule has 0 N–H and O–H groups in total. The second kappa shape index (κ2) is 3.88. The van der Waals surface area contributed by atoms with Gasteiger partial charge in [0.15, 0.2) is 0 Å². The van der Waals surface area contributed by atoms with E-state index in [9.17, 15) is 4.79 Å². The Morgan fingerprint density at radius 2 is 2.33 bits per heavy atom. The first-order valence-corrected chi connectivity index (χ1v) is 5.09. The summed E-state index contributed by atoms with van der Waals surface area (Å²) < 4.78 is 2.02. The maximum atomic E-state index is 11.6. The maximum Gasteiger partial charge on any atom is 0.207 e. The monoisotopic (exact) mass is 205 g/mol. The van der Waals surface area contributed by atoms with Crippen molar-refractivity contribution in [1.29, 1.82) is 0 Å². The van der Waals surface area contributed by atoms with Crippen molar-refractivity contribution < 1.29 is 4.79 Å². The van der Waals surface area contributed by atoms with Crippen molar-refractivity contribution in [3.63, 3.8) is 0 Å². The van der Waals surface area contributed by atoms with Crippen LogP contribution in [0.1, 0.15) is 29.4 Å². The van der Waals surface area contributed by atoms with Gasteiger partial charge in [-0.25, -0.2) is 4.98 Å². The molecule has 1 aromatic heterocycles. The number of carbonyl (C=O) groups excluding carboxylic acids is 1. The molecular formula is C11H15N3O. The molecule has 80 valence electrons. The molecule has 0 amide bonds. The molecule has 0 unspecified atom stereocenters. The number of hydrogen-bond donors (Lipinski definition) is 0. The fourth-order valence-electron chi connectivity index (χ4n) is 1.34. The van der Waals surface area contributed by atoms with Gasteiger partial charge in [-0.05, 0) is 12.8 Å². The number of ketones is 1. The number of hydrogen-bond acceptors (Lipinski definition) is 3. The fourth-order valence-corrected chi connectivity index (χ4v) is 1.34. The minimum Gasteiger partial charge on any atom is -0.383 e. The molecule has 1 aliphatic carbocycles. The summed E-state index contributed by atoms with van der Waals surface area (Å²) in [4.78, 5) is 17.5. The van der Waals surface area contributed by atoms with Gasteiger partial charge in [0.25, 0.3) is 0 Å². The minimum atomic E-state index is -0.0388. The van der Waals surface area contributed by atoms with Crippen LogP contribution in [-0.4, -0.2) is 34.3 Å².